The summed E-state index contributed by atoms with van der Waals surface area (Å²) in [6, 6.07) is 70.9. The topological polar surface area (TPSA) is 367 Å². The number of aliphatic hydroxyl groups excluding tert-OH is 1. The third-order valence-corrected chi connectivity index (χ3v) is 30.3. The van der Waals surface area contributed by atoms with E-state index in [-0.39, 0.29) is 73.7 Å². The van der Waals surface area contributed by atoms with E-state index < -0.39 is 210 Å². The Hall–Kier alpha value is -13.4. The zero-order valence-electron chi connectivity index (χ0n) is 78.0. The molecule has 28 nitrogen and oxygen atoms in total. The molecular formula is C111H112O28. The van der Waals surface area contributed by atoms with E-state index in [4.69, 9.17) is 71.1 Å². The van der Waals surface area contributed by atoms with Gasteiger partial charge in [-0.05, 0) is 218 Å². The first-order valence-corrected chi connectivity index (χ1v) is 47.2. The molecule has 23 atom stereocenters. The molecule has 3 aliphatic heterocycles. The molecule has 0 bridgehead atoms. The number of esters is 10. The fraction of sp³-hybridized carbons (Fsp3) is 0.396. The van der Waals surface area contributed by atoms with Gasteiger partial charge in [-0.15, -0.1) is 0 Å². The molecule has 8 aliphatic rings. The van der Waals surface area contributed by atoms with Gasteiger partial charge in [0.1, 0.15) is 31.5 Å². The van der Waals surface area contributed by atoms with Crippen molar-refractivity contribution < 1.29 is 134 Å². The summed E-state index contributed by atoms with van der Waals surface area (Å²) < 4.78 is 98.8. The van der Waals surface area contributed by atoms with Gasteiger partial charge in [-0.2, -0.15) is 0 Å². The van der Waals surface area contributed by atoms with Crippen molar-refractivity contribution >= 4 is 65.7 Å². The van der Waals surface area contributed by atoms with Gasteiger partial charge < -0.3 is 81.3 Å². The number of hydrogen-bond donors (Lipinski definition) is 2. The van der Waals surface area contributed by atoms with Crippen molar-refractivity contribution in [3.05, 3.63) is 335 Å². The largest absolute Gasteiger partial charge is 0.479 e. The van der Waals surface area contributed by atoms with Crippen LogP contribution in [0.5, 0.6) is 0 Å². The van der Waals surface area contributed by atoms with Gasteiger partial charge in [-0.25, -0.2) is 47.9 Å². The first-order valence-electron chi connectivity index (χ1n) is 47.2. The number of carboxylic acids is 1. The van der Waals surface area contributed by atoms with Crippen LogP contribution in [0.2, 0.25) is 0 Å². The third-order valence-electron chi connectivity index (χ3n) is 30.3. The highest BCUT2D eigenvalue weighted by molar-refractivity contribution is 5.94. The molecule has 4 saturated carbocycles. The van der Waals surface area contributed by atoms with E-state index >= 15 is 9.59 Å². The van der Waals surface area contributed by atoms with Crippen LogP contribution in [0.1, 0.15) is 206 Å². The smallest absolute Gasteiger partial charge is 0.338 e. The van der Waals surface area contributed by atoms with Crippen LogP contribution >= 0.6 is 0 Å². The Morgan fingerprint density at radius 1 is 0.338 bits per heavy atom. The standard InChI is InChI=1S/C111H112O28/c1-106(2)59-61-111(105(124)139-103-91(136-101(123)74-51-33-16-34-52-74)88(134-99(121)72-47-29-14-30-48-72)84(131-96(118)69-41-23-11-24-42-69)78(128-103)65-126-94(116)67-37-19-9-20-38-67)62-60-109(6)75(76(111)63-106)53-54-80-108(5)57-56-81(107(3,4)79(108)55-58-110(80,109)7)129-104-89(85(82(112)86(137-104)92(113)114)132-97(119)70-43-25-12-26-44-70)138-102-90(135-100(122)73-49-31-15-32-50-73)87(133-98(120)71-45-27-13-28-46-71)83(130-95(117)68-39-21-10-22-40-68)77(127-102)64-125-93(115)66-35-17-8-18-36-66/h8-53,76-91,102-104,112H,54-65H2,1-7H3,(H,113,114)/t76-,77+,78+,79-,80+,81-,82-,83+,84+,85-,86-,87-,88-,89+,90+,91+,102-,103-,104+,108-,109+,110+,111-/m0/s1. The Labute approximate surface area is 804 Å². The van der Waals surface area contributed by atoms with Gasteiger partial charge in [0.15, 0.2) is 61.4 Å². The van der Waals surface area contributed by atoms with Crippen LogP contribution in [-0.4, -0.2) is 187 Å². The monoisotopic (exact) mass is 1890 g/mol. The van der Waals surface area contributed by atoms with Gasteiger partial charge in [0.25, 0.3) is 0 Å². The van der Waals surface area contributed by atoms with Crippen molar-refractivity contribution in [3.63, 3.8) is 0 Å². The molecule has 0 aromatic heterocycles. The fourth-order valence-electron chi connectivity index (χ4n) is 22.8. The summed E-state index contributed by atoms with van der Waals surface area (Å²) in [5.41, 5.74) is -2.48. The first-order chi connectivity index (χ1) is 66.8. The molecule has 139 heavy (non-hydrogen) atoms. The zero-order valence-corrected chi connectivity index (χ0v) is 78.0. The van der Waals surface area contributed by atoms with E-state index in [9.17, 15) is 53.4 Å². The number of aliphatic carboxylic acids is 1. The highest BCUT2D eigenvalue weighted by atomic mass is 16.8. The van der Waals surface area contributed by atoms with Gasteiger partial charge in [0.2, 0.25) is 12.4 Å². The van der Waals surface area contributed by atoms with Gasteiger partial charge in [0, 0.05) is 0 Å². The number of hydrogen-bond acceptors (Lipinski definition) is 27. The molecule has 3 heterocycles. The molecule has 17 rings (SSSR count). The molecule has 7 fully saturated rings. The van der Waals surface area contributed by atoms with Crippen molar-refractivity contribution in [2.24, 2.45) is 50.2 Å². The van der Waals surface area contributed by atoms with Crippen LogP contribution in [0.25, 0.3) is 0 Å². The summed E-state index contributed by atoms with van der Waals surface area (Å²) in [6.07, 6.45) is -22.7. The van der Waals surface area contributed by atoms with E-state index in [1.165, 1.54) is 97.1 Å². The molecule has 0 radical (unpaired) electrons. The van der Waals surface area contributed by atoms with Gasteiger partial charge in [-0.3, -0.25) is 4.79 Å². The lowest BCUT2D eigenvalue weighted by atomic mass is 9.33. The fourth-order valence-corrected chi connectivity index (χ4v) is 22.8. The Morgan fingerprint density at radius 2 is 0.676 bits per heavy atom. The molecule has 724 valence electrons. The number of carbonyl (C=O) groups is 11. The number of aliphatic hydroxyl groups is 1. The van der Waals surface area contributed by atoms with Crippen molar-refractivity contribution in [3.8, 4) is 0 Å². The van der Waals surface area contributed by atoms with Crippen LogP contribution in [0, 0.1) is 50.2 Å². The van der Waals surface area contributed by atoms with E-state index in [0.717, 1.165) is 5.57 Å². The summed E-state index contributed by atoms with van der Waals surface area (Å²) in [4.78, 5) is 162. The molecule has 0 spiro atoms. The average Bonchev–Trinajstić information content (AvgIpc) is 0.672. The second-order valence-electron chi connectivity index (χ2n) is 39.3. The molecule has 0 amide bonds. The van der Waals surface area contributed by atoms with Crippen molar-refractivity contribution in [1.82, 2.24) is 0 Å². The second kappa shape index (κ2) is 41.0. The molecule has 0 unspecified atom stereocenters. The van der Waals surface area contributed by atoms with Crippen LogP contribution in [0.15, 0.2) is 285 Å². The Morgan fingerprint density at radius 3 is 1.06 bits per heavy atom. The minimum absolute atomic E-state index is 0.0152. The predicted molar refractivity (Wildman–Crippen MR) is 497 cm³/mol. The van der Waals surface area contributed by atoms with Crippen LogP contribution in [0.4, 0.5) is 0 Å². The maximum Gasteiger partial charge on any atom is 0.338 e. The average molecular weight is 1890 g/mol. The minimum atomic E-state index is -2.27. The number of ether oxygens (including phenoxy) is 15. The summed E-state index contributed by atoms with van der Waals surface area (Å²) in [7, 11) is 0. The molecule has 9 aromatic rings. The van der Waals surface area contributed by atoms with E-state index in [2.05, 4.69) is 54.5 Å². The van der Waals surface area contributed by atoms with E-state index in [1.54, 1.807) is 176 Å². The second-order valence-corrected chi connectivity index (χ2v) is 39.3. The molecule has 9 aromatic carbocycles. The summed E-state index contributed by atoms with van der Waals surface area (Å²) in [6.45, 7) is 14.1. The minimum Gasteiger partial charge on any atom is -0.479 e. The lowest BCUT2D eigenvalue weighted by Crippen LogP contribution is -2.68. The number of carboxylic acid groups (broad SMARTS) is 1. The van der Waals surface area contributed by atoms with E-state index in [1.807, 2.05) is 0 Å². The summed E-state index contributed by atoms with van der Waals surface area (Å²) in [5, 5.41) is 23.9. The van der Waals surface area contributed by atoms with Crippen LogP contribution < -0.4 is 0 Å². The van der Waals surface area contributed by atoms with Gasteiger partial charge in [0.05, 0.1) is 61.6 Å². The van der Waals surface area contributed by atoms with E-state index in [0.29, 0.717) is 57.8 Å². The maximum atomic E-state index is 16.7. The van der Waals surface area contributed by atoms with Gasteiger partial charge >= 0.3 is 65.7 Å². The zero-order chi connectivity index (χ0) is 97.7. The molecule has 5 aliphatic carbocycles. The Kier molecular flexibility index (Phi) is 28.7. The lowest BCUT2D eigenvalue weighted by Gasteiger charge is -2.71. The predicted octanol–water partition coefficient (Wildman–Crippen LogP) is 17.0. The number of fused-ring (bicyclic) bond motifs is 7. The highest BCUT2D eigenvalue weighted by Gasteiger charge is 2.71. The number of benzene rings is 9. The molecular weight excluding hydrogens is 1780 g/mol. The lowest BCUT2D eigenvalue weighted by molar-refractivity contribution is -0.372. The van der Waals surface area contributed by atoms with Crippen LogP contribution in [0.3, 0.4) is 0 Å². The SMILES string of the molecule is CC1(C)CC[C@]2(C(=O)O[C@@H]3O[C@H](COC(=O)c4ccccc4)[C@@H](OC(=O)c4ccccc4)[C@H](OC(=O)c4ccccc4)[C@H]3OC(=O)c3ccccc3)CC[C@]3(C)C(=CC[C@@H]4[C@@]5(C)CC[C@H](O[C@@H]6O[C@H](C(=O)O)[C@@H](O)[C@H](OC(=O)c7ccccc7)[C@H]6O[C@@H]6O[C@H](COC(=O)c7ccccc7)[C@@H](OC(=O)c7ccccc7)[C@H](OC(=O)c7ccccc7)[C@H]6OC(=O)c6ccccc6)C(C)(C)[C@@H]5CC[C@]43C)[C@@H]2C1. The number of allylic oxidation sites excluding steroid dienone is 2. The van der Waals surface area contributed by atoms with Crippen molar-refractivity contribution in [1.29, 1.82) is 0 Å². The maximum absolute atomic E-state index is 16.7. The molecule has 3 saturated heterocycles. The molecule has 2 N–H and O–H groups in total. The van der Waals surface area contributed by atoms with Crippen molar-refractivity contribution in [2.45, 2.75) is 211 Å². The van der Waals surface area contributed by atoms with Gasteiger partial charge in [-0.1, -0.05) is 224 Å². The molecule has 28 heteroatoms. The normalized spacial score (nSPS) is 30.7. The first kappa shape index (κ1) is 97.3. The van der Waals surface area contributed by atoms with Crippen LogP contribution in [-0.2, 0) is 80.6 Å². The number of rotatable bonds is 27. The third kappa shape index (κ3) is 20.1. The summed E-state index contributed by atoms with van der Waals surface area (Å²) in [5.74, 6) is -11.6. The summed E-state index contributed by atoms with van der Waals surface area (Å²) >= 11 is 0. The van der Waals surface area contributed by atoms with Crippen molar-refractivity contribution in [2.75, 3.05) is 13.2 Å². The quantitative estimate of drug-likeness (QED) is 0.0209. The Balaban J connectivity index is 0.706. The number of carbonyl (C=O) groups excluding carboxylic acids is 10. The Bertz CT molecular complexity index is 5950. The highest BCUT2D eigenvalue weighted by Crippen LogP contribution is 2.76.